The largest absolute Gasteiger partial charge is 0.354 e. The van der Waals surface area contributed by atoms with Crippen LogP contribution in [-0.4, -0.2) is 37.5 Å². The van der Waals surface area contributed by atoms with E-state index in [4.69, 9.17) is 0 Å². The maximum absolute atomic E-state index is 11.8. The minimum Gasteiger partial charge on any atom is -0.354 e. The molecule has 0 spiro atoms. The van der Waals surface area contributed by atoms with Crippen LogP contribution in [0.1, 0.15) is 34.6 Å². The van der Waals surface area contributed by atoms with Gasteiger partial charge in [0, 0.05) is 19.0 Å². The van der Waals surface area contributed by atoms with E-state index in [2.05, 4.69) is 16.0 Å². The highest BCUT2D eigenvalue weighted by Gasteiger charge is 2.19. The van der Waals surface area contributed by atoms with E-state index >= 15 is 0 Å². The van der Waals surface area contributed by atoms with Gasteiger partial charge in [-0.1, -0.05) is 27.7 Å². The van der Waals surface area contributed by atoms with E-state index in [1.165, 1.54) is 0 Å². The number of nitrogens with one attached hydrogen (secondary N) is 3. The average molecular weight is 294 g/mol. The molecule has 5 nitrogen and oxygen atoms in total. The molecule has 0 rings (SSSR count). The summed E-state index contributed by atoms with van der Waals surface area (Å²) in [5.74, 6) is 0.0469. The summed E-state index contributed by atoms with van der Waals surface area (Å²) in [6.07, 6.45) is 0. The Kier molecular flexibility index (Phi) is 11.9. The number of carbonyl (C=O) groups excluding carboxylic acids is 2. The van der Waals surface area contributed by atoms with Gasteiger partial charge in [0.1, 0.15) is 6.04 Å². The molecule has 0 aliphatic carbocycles. The van der Waals surface area contributed by atoms with E-state index in [0.717, 1.165) is 6.54 Å². The summed E-state index contributed by atoms with van der Waals surface area (Å²) in [6, 6.07) is -0.486. The fourth-order valence-electron chi connectivity index (χ4n) is 1.33. The van der Waals surface area contributed by atoms with Crippen molar-refractivity contribution in [3.05, 3.63) is 0 Å². The summed E-state index contributed by atoms with van der Waals surface area (Å²) in [4.78, 5) is 23.4. The van der Waals surface area contributed by atoms with E-state index in [0.29, 0.717) is 19.0 Å². The highest BCUT2D eigenvalue weighted by molar-refractivity contribution is 5.88. The Labute approximate surface area is 122 Å². The lowest BCUT2D eigenvalue weighted by atomic mass is 10.1. The van der Waals surface area contributed by atoms with Gasteiger partial charge in [-0.2, -0.15) is 0 Å². The van der Waals surface area contributed by atoms with Crippen molar-refractivity contribution in [2.24, 2.45) is 11.8 Å². The lowest BCUT2D eigenvalue weighted by Crippen LogP contribution is -2.48. The Hall–Kier alpha value is -0.810. The average Bonchev–Trinajstić information content (AvgIpc) is 2.32. The molecule has 0 aliphatic heterocycles. The number of hydrogen-bond acceptors (Lipinski definition) is 3. The van der Waals surface area contributed by atoms with Crippen LogP contribution >= 0.6 is 12.4 Å². The highest BCUT2D eigenvalue weighted by atomic mass is 35.5. The first kappa shape index (κ1) is 20.5. The van der Waals surface area contributed by atoms with Gasteiger partial charge in [0.2, 0.25) is 11.8 Å². The molecule has 0 fully saturated rings. The van der Waals surface area contributed by atoms with E-state index in [1.54, 1.807) is 6.92 Å². The summed E-state index contributed by atoms with van der Waals surface area (Å²) in [7, 11) is 0. The monoisotopic (exact) mass is 293 g/mol. The van der Waals surface area contributed by atoms with Gasteiger partial charge in [-0.25, -0.2) is 0 Å². The Morgan fingerprint density at radius 2 is 1.58 bits per heavy atom. The van der Waals surface area contributed by atoms with Crippen molar-refractivity contribution in [2.45, 2.75) is 40.7 Å². The number of carbonyl (C=O) groups is 2. The molecule has 0 aromatic rings. The van der Waals surface area contributed by atoms with Crippen molar-refractivity contribution in [3.8, 4) is 0 Å². The Bertz CT molecular complexity index is 273. The molecule has 0 bridgehead atoms. The van der Waals surface area contributed by atoms with Gasteiger partial charge in [0.15, 0.2) is 0 Å². The zero-order valence-electron chi connectivity index (χ0n) is 12.6. The minimum atomic E-state index is -0.486. The molecule has 6 heteroatoms. The predicted molar refractivity (Wildman–Crippen MR) is 80.4 cm³/mol. The van der Waals surface area contributed by atoms with Gasteiger partial charge in [-0.15, -0.1) is 12.4 Å². The van der Waals surface area contributed by atoms with Crippen molar-refractivity contribution >= 4 is 24.2 Å². The van der Waals surface area contributed by atoms with Gasteiger partial charge >= 0.3 is 0 Å². The first-order chi connectivity index (χ1) is 8.38. The molecular weight excluding hydrogens is 266 g/mol. The van der Waals surface area contributed by atoms with Crippen molar-refractivity contribution in [1.29, 1.82) is 0 Å². The normalized spacial score (nSPS) is 13.4. The molecule has 2 amide bonds. The molecule has 0 heterocycles. The first-order valence-electron chi connectivity index (χ1n) is 6.67. The second-order valence-corrected chi connectivity index (χ2v) is 5.08. The minimum absolute atomic E-state index is 0. The summed E-state index contributed by atoms with van der Waals surface area (Å²) in [5.41, 5.74) is 0. The van der Waals surface area contributed by atoms with Crippen LogP contribution in [0.3, 0.4) is 0 Å². The quantitative estimate of drug-likeness (QED) is 0.623. The molecule has 114 valence electrons. The van der Waals surface area contributed by atoms with Crippen molar-refractivity contribution in [3.63, 3.8) is 0 Å². The standard InChI is InChI=1S/C13H27N3O2.ClH/c1-6-14-8-10(4)12(17)16-11(5)13(18)15-7-9(2)3;/h9-11,14H,6-8H2,1-5H3,(H,15,18)(H,16,17);1H. The number of amides is 2. The van der Waals surface area contributed by atoms with Crippen molar-refractivity contribution in [2.75, 3.05) is 19.6 Å². The maximum Gasteiger partial charge on any atom is 0.242 e. The summed E-state index contributed by atoms with van der Waals surface area (Å²) in [5, 5.41) is 8.63. The number of hydrogen-bond donors (Lipinski definition) is 3. The molecule has 19 heavy (non-hydrogen) atoms. The maximum atomic E-state index is 11.8. The summed E-state index contributed by atoms with van der Waals surface area (Å²) in [6.45, 7) is 11.7. The fourth-order valence-corrected chi connectivity index (χ4v) is 1.33. The summed E-state index contributed by atoms with van der Waals surface area (Å²) < 4.78 is 0. The third-order valence-corrected chi connectivity index (χ3v) is 2.58. The smallest absolute Gasteiger partial charge is 0.242 e. The molecule has 0 aliphatic rings. The molecule has 0 aromatic heterocycles. The van der Waals surface area contributed by atoms with Gasteiger partial charge in [0.25, 0.3) is 0 Å². The predicted octanol–water partition coefficient (Wildman–Crippen LogP) is 0.931. The van der Waals surface area contributed by atoms with Crippen LogP contribution < -0.4 is 16.0 Å². The van der Waals surface area contributed by atoms with Crippen LogP contribution in [0.15, 0.2) is 0 Å². The Balaban J connectivity index is 0. The third-order valence-electron chi connectivity index (χ3n) is 2.58. The van der Waals surface area contributed by atoms with Crippen molar-refractivity contribution < 1.29 is 9.59 Å². The molecule has 2 atom stereocenters. The Morgan fingerprint density at radius 1 is 1.00 bits per heavy atom. The summed E-state index contributed by atoms with van der Waals surface area (Å²) >= 11 is 0. The molecule has 0 aromatic carbocycles. The van der Waals surface area contributed by atoms with Gasteiger partial charge < -0.3 is 16.0 Å². The Morgan fingerprint density at radius 3 is 2.05 bits per heavy atom. The molecular formula is C13H28ClN3O2. The van der Waals surface area contributed by atoms with Crippen molar-refractivity contribution in [1.82, 2.24) is 16.0 Å². The molecule has 2 unspecified atom stereocenters. The molecule has 0 radical (unpaired) electrons. The second kappa shape index (κ2) is 11.1. The van der Waals surface area contributed by atoms with Gasteiger partial charge in [-0.3, -0.25) is 9.59 Å². The van der Waals surface area contributed by atoms with Crippen LogP contribution in [0.2, 0.25) is 0 Å². The molecule has 0 saturated heterocycles. The zero-order chi connectivity index (χ0) is 14.1. The second-order valence-electron chi connectivity index (χ2n) is 5.08. The molecule has 0 saturated carbocycles. The zero-order valence-corrected chi connectivity index (χ0v) is 13.4. The number of rotatable bonds is 8. The van der Waals surface area contributed by atoms with Crippen LogP contribution in [0.5, 0.6) is 0 Å². The topological polar surface area (TPSA) is 70.2 Å². The SMILES string of the molecule is CCNCC(C)C(=O)NC(C)C(=O)NCC(C)C.Cl. The van der Waals surface area contributed by atoms with E-state index < -0.39 is 6.04 Å². The lowest BCUT2D eigenvalue weighted by molar-refractivity contribution is -0.130. The number of halogens is 1. The highest BCUT2D eigenvalue weighted by Crippen LogP contribution is 1.95. The lowest BCUT2D eigenvalue weighted by Gasteiger charge is -2.18. The molecule has 3 N–H and O–H groups in total. The van der Waals surface area contributed by atoms with E-state index in [9.17, 15) is 9.59 Å². The van der Waals surface area contributed by atoms with E-state index in [1.807, 2.05) is 27.7 Å². The van der Waals surface area contributed by atoms with Gasteiger partial charge in [0.05, 0.1) is 0 Å². The van der Waals surface area contributed by atoms with Crippen LogP contribution in [0.25, 0.3) is 0 Å². The van der Waals surface area contributed by atoms with Crippen LogP contribution in [-0.2, 0) is 9.59 Å². The first-order valence-corrected chi connectivity index (χ1v) is 6.67. The third kappa shape index (κ3) is 9.73. The van der Waals surface area contributed by atoms with Crippen LogP contribution in [0.4, 0.5) is 0 Å². The van der Waals surface area contributed by atoms with Gasteiger partial charge in [-0.05, 0) is 19.4 Å². The van der Waals surface area contributed by atoms with Crippen LogP contribution in [0, 0.1) is 11.8 Å². The van der Waals surface area contributed by atoms with E-state index in [-0.39, 0.29) is 30.1 Å². The fraction of sp³-hybridized carbons (Fsp3) is 0.846.